The summed E-state index contributed by atoms with van der Waals surface area (Å²) in [5.74, 6) is 0.205. The number of hydrogen-bond acceptors (Lipinski definition) is 3. The molecule has 0 saturated carbocycles. The quantitative estimate of drug-likeness (QED) is 0.696. The van der Waals surface area contributed by atoms with Gasteiger partial charge in [0.25, 0.3) is 5.91 Å². The highest BCUT2D eigenvalue weighted by atomic mass is 32.2. The van der Waals surface area contributed by atoms with Gasteiger partial charge in [0.05, 0.1) is 5.92 Å². The first-order chi connectivity index (χ1) is 6.38. The van der Waals surface area contributed by atoms with E-state index < -0.39 is 9.73 Å². The van der Waals surface area contributed by atoms with Gasteiger partial charge in [0.2, 0.25) is 0 Å². The molecule has 2 atom stereocenters. The minimum atomic E-state index is -2.29. The van der Waals surface area contributed by atoms with Gasteiger partial charge in [0.15, 0.2) is 0 Å². The maximum absolute atomic E-state index is 11.6. The molecule has 0 aromatic carbocycles. The molecule has 0 bridgehead atoms. The number of carbonyl (C=O) groups is 1. The molecule has 0 aromatic heterocycles. The zero-order chi connectivity index (χ0) is 10.8. The van der Waals surface area contributed by atoms with Gasteiger partial charge in [-0.25, -0.2) is 4.21 Å². The van der Waals surface area contributed by atoms with E-state index in [2.05, 4.69) is 16.6 Å². The summed E-state index contributed by atoms with van der Waals surface area (Å²) in [6.45, 7) is 3.72. The van der Waals surface area contributed by atoms with Gasteiger partial charge in [0, 0.05) is 28.8 Å². The van der Waals surface area contributed by atoms with Gasteiger partial charge < -0.3 is 5.32 Å². The number of nitrogens with one attached hydrogen (secondary N) is 1. The Morgan fingerprint density at radius 1 is 1.43 bits per heavy atom. The molecule has 4 nitrogen and oxygen atoms in total. The van der Waals surface area contributed by atoms with Crippen molar-refractivity contribution in [3.8, 4) is 0 Å². The third-order valence-corrected chi connectivity index (χ3v) is 2.85. The van der Waals surface area contributed by atoms with Crippen molar-refractivity contribution in [1.82, 2.24) is 5.32 Å². The average Bonchev–Trinajstić information content (AvgIpc) is 2.01. The van der Waals surface area contributed by atoms with Crippen molar-refractivity contribution in [1.29, 1.82) is 0 Å². The van der Waals surface area contributed by atoms with Crippen molar-refractivity contribution in [2.45, 2.75) is 13.3 Å². The fourth-order valence-electron chi connectivity index (χ4n) is 1.64. The van der Waals surface area contributed by atoms with Crippen molar-refractivity contribution in [3.63, 3.8) is 0 Å². The van der Waals surface area contributed by atoms with Crippen LogP contribution in [0, 0.1) is 11.8 Å². The maximum Gasteiger partial charge on any atom is 0.258 e. The second-order valence-corrected chi connectivity index (χ2v) is 6.85. The average molecular weight is 218 g/mol. The summed E-state index contributed by atoms with van der Waals surface area (Å²) in [6.07, 6.45) is 3.83. The zero-order valence-electron chi connectivity index (χ0n) is 8.95. The predicted molar refractivity (Wildman–Crippen MR) is 57.6 cm³/mol. The first-order valence-electron chi connectivity index (χ1n) is 4.80. The number of carbonyl (C=O) groups excluding carboxylic acids is 1. The highest BCUT2D eigenvalue weighted by Crippen LogP contribution is 2.17. The SMILES string of the molecule is CC1CNCC(C(=O)N=S(C)(C)=O)C1. The van der Waals surface area contributed by atoms with Crippen molar-refractivity contribution in [2.24, 2.45) is 16.2 Å². The predicted octanol–water partition coefficient (Wildman–Crippen LogP) is 0.486. The van der Waals surface area contributed by atoms with Crippen LogP contribution >= 0.6 is 0 Å². The normalized spacial score (nSPS) is 28.5. The first kappa shape index (κ1) is 11.7. The fraction of sp³-hybridized carbons (Fsp3) is 0.889. The topological polar surface area (TPSA) is 58.5 Å². The van der Waals surface area contributed by atoms with E-state index in [4.69, 9.17) is 0 Å². The Hall–Kier alpha value is -0.420. The van der Waals surface area contributed by atoms with Gasteiger partial charge in [-0.1, -0.05) is 6.92 Å². The Morgan fingerprint density at radius 2 is 2.07 bits per heavy atom. The van der Waals surface area contributed by atoms with E-state index in [1.165, 1.54) is 12.5 Å². The highest BCUT2D eigenvalue weighted by molar-refractivity contribution is 7.92. The minimum Gasteiger partial charge on any atom is -0.316 e. The van der Waals surface area contributed by atoms with Crippen molar-refractivity contribution in [3.05, 3.63) is 0 Å². The molecule has 1 saturated heterocycles. The smallest absolute Gasteiger partial charge is 0.258 e. The molecule has 1 heterocycles. The third-order valence-electron chi connectivity index (χ3n) is 2.23. The van der Waals surface area contributed by atoms with Crippen LogP contribution in [0.5, 0.6) is 0 Å². The van der Waals surface area contributed by atoms with Gasteiger partial charge >= 0.3 is 0 Å². The summed E-state index contributed by atoms with van der Waals surface area (Å²) < 4.78 is 15.0. The van der Waals surface area contributed by atoms with E-state index in [-0.39, 0.29) is 11.8 Å². The summed E-state index contributed by atoms with van der Waals surface area (Å²) in [4.78, 5) is 11.6. The lowest BCUT2D eigenvalue weighted by molar-refractivity contribution is -0.122. The van der Waals surface area contributed by atoms with E-state index in [0.717, 1.165) is 13.0 Å². The summed E-state index contributed by atoms with van der Waals surface area (Å²) in [5, 5.41) is 3.18. The van der Waals surface area contributed by atoms with E-state index in [1.54, 1.807) is 0 Å². The monoisotopic (exact) mass is 218 g/mol. The second-order valence-electron chi connectivity index (χ2n) is 4.31. The van der Waals surface area contributed by atoms with Gasteiger partial charge in [-0.3, -0.25) is 4.79 Å². The molecule has 0 radical (unpaired) electrons. The highest BCUT2D eigenvalue weighted by Gasteiger charge is 2.24. The molecular formula is C9H18N2O2S. The molecule has 1 aliphatic heterocycles. The summed E-state index contributed by atoms with van der Waals surface area (Å²) in [6, 6.07) is 0. The van der Waals surface area contributed by atoms with Gasteiger partial charge in [-0.2, -0.15) is 4.36 Å². The van der Waals surface area contributed by atoms with Crippen molar-refractivity contribution < 1.29 is 9.00 Å². The van der Waals surface area contributed by atoms with E-state index in [9.17, 15) is 9.00 Å². The van der Waals surface area contributed by atoms with Gasteiger partial charge in [0.1, 0.15) is 0 Å². The van der Waals surface area contributed by atoms with Crippen LogP contribution in [0.25, 0.3) is 0 Å². The van der Waals surface area contributed by atoms with Crippen molar-refractivity contribution >= 4 is 15.6 Å². The Morgan fingerprint density at radius 3 is 2.57 bits per heavy atom. The van der Waals surface area contributed by atoms with Crippen molar-refractivity contribution in [2.75, 3.05) is 25.6 Å². The standard InChI is InChI=1S/C9H18N2O2S/c1-7-4-8(6-10-5-7)9(12)11-14(2,3)13/h7-8,10H,4-6H2,1-3H3. The third kappa shape index (κ3) is 3.75. The lowest BCUT2D eigenvalue weighted by atomic mass is 9.91. The Labute approximate surface area is 85.6 Å². The Balaban J connectivity index is 2.66. The van der Waals surface area contributed by atoms with Gasteiger partial charge in [-0.15, -0.1) is 0 Å². The Bertz CT molecular complexity index is 324. The molecule has 1 N–H and O–H groups in total. The molecule has 14 heavy (non-hydrogen) atoms. The molecule has 1 aliphatic rings. The lowest BCUT2D eigenvalue weighted by Crippen LogP contribution is -2.38. The van der Waals surface area contributed by atoms with Crippen LogP contribution in [0.1, 0.15) is 13.3 Å². The molecule has 1 amide bonds. The number of nitrogens with zero attached hydrogens (tertiary/aromatic N) is 1. The molecule has 5 heteroatoms. The molecule has 0 aliphatic carbocycles. The van der Waals surface area contributed by atoms with Crippen LogP contribution in [0.4, 0.5) is 0 Å². The molecule has 82 valence electrons. The number of hydrogen-bond donors (Lipinski definition) is 1. The van der Waals surface area contributed by atoms with Gasteiger partial charge in [-0.05, 0) is 18.9 Å². The molecule has 1 rings (SSSR count). The fourth-order valence-corrected chi connectivity index (χ4v) is 2.22. The van der Waals surface area contributed by atoms with Crippen LogP contribution in [-0.2, 0) is 14.5 Å². The Kier molecular flexibility index (Phi) is 3.66. The molecule has 1 fully saturated rings. The van der Waals surface area contributed by atoms with Crippen LogP contribution in [0.2, 0.25) is 0 Å². The van der Waals surface area contributed by atoms with Crippen LogP contribution in [0.3, 0.4) is 0 Å². The zero-order valence-corrected chi connectivity index (χ0v) is 9.76. The molecule has 2 unspecified atom stereocenters. The number of amides is 1. The van der Waals surface area contributed by atoms with E-state index >= 15 is 0 Å². The summed E-state index contributed by atoms with van der Waals surface area (Å²) in [7, 11) is -2.29. The molecule has 0 aromatic rings. The minimum absolute atomic E-state index is 0.0838. The molecule has 0 spiro atoms. The summed E-state index contributed by atoms with van der Waals surface area (Å²) >= 11 is 0. The first-order valence-corrected chi connectivity index (χ1v) is 7.13. The number of piperidine rings is 1. The van der Waals surface area contributed by atoms with E-state index in [1.807, 2.05) is 0 Å². The maximum atomic E-state index is 11.6. The molecular weight excluding hydrogens is 200 g/mol. The van der Waals surface area contributed by atoms with Crippen LogP contribution < -0.4 is 5.32 Å². The van der Waals surface area contributed by atoms with E-state index in [0.29, 0.717) is 12.5 Å². The second kappa shape index (κ2) is 4.40. The number of rotatable bonds is 1. The lowest BCUT2D eigenvalue weighted by Gasteiger charge is -2.25. The van der Waals surface area contributed by atoms with Crippen LogP contribution in [0.15, 0.2) is 4.36 Å². The summed E-state index contributed by atoms with van der Waals surface area (Å²) in [5.41, 5.74) is 0. The van der Waals surface area contributed by atoms with Crippen LogP contribution in [-0.4, -0.2) is 35.7 Å². The largest absolute Gasteiger partial charge is 0.316 e.